The summed E-state index contributed by atoms with van der Waals surface area (Å²) < 4.78 is 10.1. The summed E-state index contributed by atoms with van der Waals surface area (Å²) in [5.74, 6) is 0.253. The normalized spacial score (nSPS) is 24.9. The van der Waals surface area contributed by atoms with Gasteiger partial charge in [0, 0.05) is 20.6 Å². The number of hydrogen-bond donors (Lipinski definition) is 0. The maximum Gasteiger partial charge on any atom is 0.166 e. The zero-order chi connectivity index (χ0) is 8.97. The van der Waals surface area contributed by atoms with Crippen LogP contribution in [0.1, 0.15) is 25.7 Å². The van der Waals surface area contributed by atoms with Gasteiger partial charge in [-0.15, -0.1) is 0 Å². The first kappa shape index (κ1) is 9.68. The fourth-order valence-corrected chi connectivity index (χ4v) is 1.72. The highest BCUT2D eigenvalue weighted by Gasteiger charge is 2.30. The van der Waals surface area contributed by atoms with Gasteiger partial charge in [0.15, 0.2) is 6.29 Å². The molecule has 0 N–H and O–H groups in total. The van der Waals surface area contributed by atoms with Crippen molar-refractivity contribution in [3.8, 4) is 0 Å². The first-order valence-electron chi connectivity index (χ1n) is 4.38. The SMILES string of the molecule is COC(OC)C1CCCCC1=O. The molecule has 0 heterocycles. The van der Waals surface area contributed by atoms with Crippen molar-refractivity contribution in [2.45, 2.75) is 32.0 Å². The monoisotopic (exact) mass is 172 g/mol. The van der Waals surface area contributed by atoms with Gasteiger partial charge in [-0.3, -0.25) is 4.79 Å². The van der Waals surface area contributed by atoms with Crippen molar-refractivity contribution in [2.24, 2.45) is 5.92 Å². The number of carbonyl (C=O) groups is 1. The average molecular weight is 172 g/mol. The van der Waals surface area contributed by atoms with Crippen LogP contribution in [0.5, 0.6) is 0 Å². The molecule has 70 valence electrons. The molecule has 0 aromatic rings. The summed E-state index contributed by atoms with van der Waals surface area (Å²) in [6.07, 6.45) is 3.39. The van der Waals surface area contributed by atoms with E-state index >= 15 is 0 Å². The molecule has 1 atom stereocenters. The van der Waals surface area contributed by atoms with E-state index in [0.717, 1.165) is 19.3 Å². The number of rotatable bonds is 3. The third kappa shape index (κ3) is 2.05. The largest absolute Gasteiger partial charge is 0.355 e. The fraction of sp³-hybridized carbons (Fsp3) is 0.889. The van der Waals surface area contributed by atoms with Crippen molar-refractivity contribution in [2.75, 3.05) is 14.2 Å². The molecule has 0 aromatic carbocycles. The van der Waals surface area contributed by atoms with Gasteiger partial charge in [-0.2, -0.15) is 0 Å². The minimum atomic E-state index is -0.335. The van der Waals surface area contributed by atoms with Crippen LogP contribution in [0.4, 0.5) is 0 Å². The fourth-order valence-electron chi connectivity index (χ4n) is 1.72. The van der Waals surface area contributed by atoms with Crippen LogP contribution < -0.4 is 0 Å². The third-order valence-electron chi connectivity index (χ3n) is 2.40. The summed E-state index contributed by atoms with van der Waals surface area (Å²) >= 11 is 0. The lowest BCUT2D eigenvalue weighted by molar-refractivity contribution is -0.160. The highest BCUT2D eigenvalue weighted by atomic mass is 16.7. The van der Waals surface area contributed by atoms with Gasteiger partial charge < -0.3 is 9.47 Å². The Hall–Kier alpha value is -0.410. The molecule has 0 aromatic heterocycles. The Kier molecular flexibility index (Phi) is 3.69. The minimum absolute atomic E-state index is 0.0336. The summed E-state index contributed by atoms with van der Waals surface area (Å²) in [5, 5.41) is 0. The molecule has 1 aliphatic rings. The number of methoxy groups -OCH3 is 2. The van der Waals surface area contributed by atoms with Crippen LogP contribution in [0.3, 0.4) is 0 Å². The zero-order valence-electron chi connectivity index (χ0n) is 7.71. The highest BCUT2D eigenvalue weighted by molar-refractivity contribution is 5.82. The van der Waals surface area contributed by atoms with Gasteiger partial charge in [-0.25, -0.2) is 0 Å². The van der Waals surface area contributed by atoms with E-state index in [4.69, 9.17) is 9.47 Å². The Bertz CT molecular complexity index is 152. The molecule has 0 aliphatic heterocycles. The lowest BCUT2D eigenvalue weighted by Gasteiger charge is -2.26. The van der Waals surface area contributed by atoms with Crippen LogP contribution >= 0.6 is 0 Å². The standard InChI is InChI=1S/C9H16O3/c1-11-9(12-2)7-5-3-4-6-8(7)10/h7,9H,3-6H2,1-2H3. The Morgan fingerprint density at radius 3 is 2.50 bits per heavy atom. The lowest BCUT2D eigenvalue weighted by atomic mass is 9.87. The van der Waals surface area contributed by atoms with E-state index < -0.39 is 0 Å². The summed E-state index contributed by atoms with van der Waals surface area (Å²) in [6.45, 7) is 0. The molecule has 1 saturated carbocycles. The average Bonchev–Trinajstić information content (AvgIpc) is 2.10. The second kappa shape index (κ2) is 4.58. The third-order valence-corrected chi connectivity index (χ3v) is 2.40. The van der Waals surface area contributed by atoms with Crippen molar-refractivity contribution < 1.29 is 14.3 Å². The van der Waals surface area contributed by atoms with Gasteiger partial charge in [-0.1, -0.05) is 6.42 Å². The quantitative estimate of drug-likeness (QED) is 0.603. The summed E-state index contributed by atoms with van der Waals surface area (Å²) in [4.78, 5) is 11.4. The van der Waals surface area contributed by atoms with Crippen LogP contribution in [-0.2, 0) is 14.3 Å². The van der Waals surface area contributed by atoms with Gasteiger partial charge >= 0.3 is 0 Å². The van der Waals surface area contributed by atoms with Crippen LogP contribution in [0.2, 0.25) is 0 Å². The van der Waals surface area contributed by atoms with Crippen LogP contribution in [0.25, 0.3) is 0 Å². The number of Topliss-reactive ketones (excluding diaryl/α,β-unsaturated/α-hetero) is 1. The minimum Gasteiger partial charge on any atom is -0.355 e. The number of hydrogen-bond acceptors (Lipinski definition) is 3. The maximum atomic E-state index is 11.4. The summed E-state index contributed by atoms with van der Waals surface area (Å²) in [5.41, 5.74) is 0. The molecule has 0 amide bonds. The smallest absolute Gasteiger partial charge is 0.166 e. The van der Waals surface area contributed by atoms with Crippen molar-refractivity contribution in [1.82, 2.24) is 0 Å². The molecule has 3 nitrogen and oxygen atoms in total. The van der Waals surface area contributed by atoms with Crippen LogP contribution in [-0.4, -0.2) is 26.3 Å². The molecule has 1 unspecified atom stereocenters. The Morgan fingerprint density at radius 2 is 2.00 bits per heavy atom. The first-order valence-corrected chi connectivity index (χ1v) is 4.38. The van der Waals surface area contributed by atoms with E-state index in [2.05, 4.69) is 0 Å². The number of ketones is 1. The van der Waals surface area contributed by atoms with Gasteiger partial charge in [0.2, 0.25) is 0 Å². The number of carbonyl (C=O) groups excluding carboxylic acids is 1. The lowest BCUT2D eigenvalue weighted by Crippen LogP contribution is -2.33. The molecule has 0 spiro atoms. The predicted octanol–water partition coefficient (Wildman–Crippen LogP) is 1.36. The van der Waals surface area contributed by atoms with Gasteiger partial charge in [0.1, 0.15) is 5.78 Å². The summed E-state index contributed by atoms with van der Waals surface area (Å²) in [6, 6.07) is 0. The van der Waals surface area contributed by atoms with Crippen molar-refractivity contribution >= 4 is 5.78 Å². The molecule has 1 rings (SSSR count). The second-order valence-corrected chi connectivity index (χ2v) is 3.16. The second-order valence-electron chi connectivity index (χ2n) is 3.16. The topological polar surface area (TPSA) is 35.5 Å². The van der Waals surface area contributed by atoms with E-state index in [1.165, 1.54) is 0 Å². The van der Waals surface area contributed by atoms with Crippen molar-refractivity contribution in [3.63, 3.8) is 0 Å². The van der Waals surface area contributed by atoms with Crippen LogP contribution in [0, 0.1) is 5.92 Å². The first-order chi connectivity index (χ1) is 5.79. The zero-order valence-corrected chi connectivity index (χ0v) is 7.71. The molecule has 1 aliphatic carbocycles. The Labute approximate surface area is 73.0 Å². The Morgan fingerprint density at radius 1 is 1.33 bits per heavy atom. The molecular weight excluding hydrogens is 156 g/mol. The molecule has 0 bridgehead atoms. The highest BCUT2D eigenvalue weighted by Crippen LogP contribution is 2.24. The number of ether oxygens (including phenoxy) is 2. The Balaban J connectivity index is 2.51. The van der Waals surface area contributed by atoms with Gasteiger partial charge in [0.05, 0.1) is 5.92 Å². The molecule has 0 saturated heterocycles. The van der Waals surface area contributed by atoms with E-state index in [1.54, 1.807) is 14.2 Å². The van der Waals surface area contributed by atoms with Gasteiger partial charge in [-0.05, 0) is 12.8 Å². The van der Waals surface area contributed by atoms with E-state index in [9.17, 15) is 4.79 Å². The predicted molar refractivity (Wildman–Crippen MR) is 44.8 cm³/mol. The molecule has 1 fully saturated rings. The molecule has 0 radical (unpaired) electrons. The van der Waals surface area contributed by atoms with Crippen LogP contribution in [0.15, 0.2) is 0 Å². The van der Waals surface area contributed by atoms with Crippen molar-refractivity contribution in [3.05, 3.63) is 0 Å². The van der Waals surface area contributed by atoms with Crippen molar-refractivity contribution in [1.29, 1.82) is 0 Å². The molecule has 12 heavy (non-hydrogen) atoms. The molecule has 3 heteroatoms. The van der Waals surface area contributed by atoms with E-state index in [0.29, 0.717) is 6.42 Å². The van der Waals surface area contributed by atoms with Gasteiger partial charge in [0.25, 0.3) is 0 Å². The van der Waals surface area contributed by atoms with E-state index in [1.807, 2.05) is 0 Å². The molecular formula is C9H16O3. The summed E-state index contributed by atoms with van der Waals surface area (Å²) in [7, 11) is 3.16. The maximum absolute atomic E-state index is 11.4. The van der Waals surface area contributed by atoms with E-state index in [-0.39, 0.29) is 18.0 Å².